The summed E-state index contributed by atoms with van der Waals surface area (Å²) in [5, 5.41) is 2.41. The zero-order valence-electron chi connectivity index (χ0n) is 13.5. The van der Waals surface area contributed by atoms with Crippen LogP contribution in [-0.2, 0) is 11.0 Å². The number of amides is 3. The highest BCUT2D eigenvalue weighted by Crippen LogP contribution is 2.30. The summed E-state index contributed by atoms with van der Waals surface area (Å²) in [6.07, 6.45) is -4.48. The van der Waals surface area contributed by atoms with Crippen LogP contribution < -0.4 is 5.32 Å². The smallest absolute Gasteiger partial charge is 0.324 e. The third-order valence-electron chi connectivity index (χ3n) is 4.07. The highest BCUT2D eigenvalue weighted by atomic mass is 19.4. The summed E-state index contributed by atoms with van der Waals surface area (Å²) in [5.74, 6) is -1.85. The quantitative estimate of drug-likeness (QED) is 0.852. The lowest BCUT2D eigenvalue weighted by atomic mass is 10.1. The van der Waals surface area contributed by atoms with E-state index in [0.29, 0.717) is 0 Å². The molecule has 5 nitrogen and oxygen atoms in total. The van der Waals surface area contributed by atoms with Gasteiger partial charge in [-0.1, -0.05) is 12.1 Å². The summed E-state index contributed by atoms with van der Waals surface area (Å²) in [6.45, 7) is 1.38. The monoisotopic (exact) mass is 362 g/mol. The molecule has 0 bridgehead atoms. The molecule has 0 aliphatic carbocycles. The number of imide groups is 1. The third-order valence-corrected chi connectivity index (χ3v) is 4.07. The molecule has 26 heavy (non-hydrogen) atoms. The number of hydrogen-bond donors (Lipinski definition) is 1. The van der Waals surface area contributed by atoms with Crippen molar-refractivity contribution in [3.63, 3.8) is 0 Å². The molecule has 2 aromatic rings. The van der Waals surface area contributed by atoms with Crippen LogP contribution in [0.5, 0.6) is 0 Å². The summed E-state index contributed by atoms with van der Waals surface area (Å²) >= 11 is 0. The lowest BCUT2D eigenvalue weighted by Crippen LogP contribution is -2.45. The van der Waals surface area contributed by atoms with Gasteiger partial charge in [-0.15, -0.1) is 0 Å². The van der Waals surface area contributed by atoms with Crippen LogP contribution in [0.4, 0.5) is 18.9 Å². The summed E-state index contributed by atoms with van der Waals surface area (Å²) < 4.78 is 37.7. The second-order valence-electron chi connectivity index (χ2n) is 5.77. The van der Waals surface area contributed by atoms with Gasteiger partial charge in [0.1, 0.15) is 6.04 Å². The van der Waals surface area contributed by atoms with Gasteiger partial charge in [-0.2, -0.15) is 13.2 Å². The number of rotatable bonds is 3. The van der Waals surface area contributed by atoms with Crippen molar-refractivity contribution in [2.45, 2.75) is 19.1 Å². The first-order valence-electron chi connectivity index (χ1n) is 7.65. The Kier molecular flexibility index (Phi) is 4.27. The highest BCUT2D eigenvalue weighted by Gasteiger charge is 2.40. The fourth-order valence-corrected chi connectivity index (χ4v) is 2.67. The number of halogens is 3. The van der Waals surface area contributed by atoms with Gasteiger partial charge in [0.15, 0.2) is 0 Å². The van der Waals surface area contributed by atoms with E-state index in [1.807, 2.05) is 0 Å². The molecule has 1 N–H and O–H groups in total. The fourth-order valence-electron chi connectivity index (χ4n) is 2.67. The van der Waals surface area contributed by atoms with Gasteiger partial charge in [-0.25, -0.2) is 0 Å². The van der Waals surface area contributed by atoms with Gasteiger partial charge >= 0.3 is 6.18 Å². The second-order valence-corrected chi connectivity index (χ2v) is 5.77. The summed E-state index contributed by atoms with van der Waals surface area (Å²) in [5.41, 5.74) is -0.284. The Hall–Kier alpha value is -3.16. The highest BCUT2D eigenvalue weighted by molar-refractivity contribution is 6.23. The number of hydrogen-bond acceptors (Lipinski definition) is 3. The Morgan fingerprint density at radius 1 is 0.962 bits per heavy atom. The van der Waals surface area contributed by atoms with Crippen molar-refractivity contribution in [3.8, 4) is 0 Å². The maximum absolute atomic E-state index is 12.6. The molecule has 3 rings (SSSR count). The molecule has 1 aliphatic heterocycles. The molecule has 0 unspecified atom stereocenters. The van der Waals surface area contributed by atoms with E-state index in [2.05, 4.69) is 5.32 Å². The number of anilines is 1. The predicted molar refractivity (Wildman–Crippen MR) is 86.5 cm³/mol. The molecule has 0 fully saturated rings. The van der Waals surface area contributed by atoms with Crippen LogP contribution in [0.3, 0.4) is 0 Å². The van der Waals surface area contributed by atoms with Gasteiger partial charge in [0.2, 0.25) is 5.91 Å². The maximum atomic E-state index is 12.6. The number of benzene rings is 2. The summed E-state index contributed by atoms with van der Waals surface area (Å²) in [4.78, 5) is 37.9. The van der Waals surface area contributed by atoms with E-state index in [4.69, 9.17) is 0 Å². The van der Waals surface area contributed by atoms with E-state index in [9.17, 15) is 27.6 Å². The number of alkyl halides is 3. The molecule has 2 aromatic carbocycles. The molecular formula is C18H13F3N2O3. The average Bonchev–Trinajstić information content (AvgIpc) is 2.85. The first-order valence-corrected chi connectivity index (χ1v) is 7.65. The van der Waals surface area contributed by atoms with Crippen LogP contribution in [0.2, 0.25) is 0 Å². The van der Waals surface area contributed by atoms with Crippen LogP contribution in [0.1, 0.15) is 33.2 Å². The molecule has 0 spiro atoms. The van der Waals surface area contributed by atoms with Crippen LogP contribution in [0.15, 0.2) is 48.5 Å². The first-order chi connectivity index (χ1) is 12.2. The van der Waals surface area contributed by atoms with Gasteiger partial charge in [-0.3, -0.25) is 19.3 Å². The zero-order valence-corrected chi connectivity index (χ0v) is 13.5. The van der Waals surface area contributed by atoms with E-state index < -0.39 is 35.5 Å². The van der Waals surface area contributed by atoms with Crippen molar-refractivity contribution in [3.05, 3.63) is 65.2 Å². The standard InChI is InChI=1S/C18H13F3N2O3/c1-10(23-16(25)13-4-2-3-5-14(13)17(23)26)15(24)22-12-8-6-11(7-9-12)18(19,20)21/h2-10H,1H3,(H,22,24)/t10-/m0/s1. The van der Waals surface area contributed by atoms with Crippen LogP contribution in [0, 0.1) is 0 Å². The minimum atomic E-state index is -4.48. The Morgan fingerprint density at radius 2 is 1.46 bits per heavy atom. The second kappa shape index (κ2) is 6.29. The lowest BCUT2D eigenvalue weighted by molar-refractivity contribution is -0.137. The normalized spacial score (nSPS) is 15.0. The van der Waals surface area contributed by atoms with Gasteiger partial charge in [0.25, 0.3) is 11.8 Å². The molecule has 0 saturated heterocycles. The molecule has 0 radical (unpaired) electrons. The van der Waals surface area contributed by atoms with Crippen molar-refractivity contribution >= 4 is 23.4 Å². The van der Waals surface area contributed by atoms with Crippen molar-refractivity contribution in [2.75, 3.05) is 5.32 Å². The number of nitrogens with zero attached hydrogens (tertiary/aromatic N) is 1. The third kappa shape index (κ3) is 3.05. The molecular weight excluding hydrogens is 349 g/mol. The van der Waals surface area contributed by atoms with E-state index >= 15 is 0 Å². The molecule has 0 aromatic heterocycles. The van der Waals surface area contributed by atoms with Crippen LogP contribution in [-0.4, -0.2) is 28.7 Å². The molecule has 1 aliphatic rings. The van der Waals surface area contributed by atoms with E-state index in [1.54, 1.807) is 12.1 Å². The molecule has 1 atom stereocenters. The fraction of sp³-hybridized carbons (Fsp3) is 0.167. The number of nitrogens with one attached hydrogen (secondary N) is 1. The number of carbonyl (C=O) groups excluding carboxylic acids is 3. The van der Waals surface area contributed by atoms with Crippen molar-refractivity contribution in [1.82, 2.24) is 4.90 Å². The Bertz CT molecular complexity index is 856. The molecule has 1 heterocycles. The predicted octanol–water partition coefficient (Wildman–Crippen LogP) is 3.33. The van der Waals surface area contributed by atoms with Crippen molar-refractivity contribution < 1.29 is 27.6 Å². The van der Waals surface area contributed by atoms with Gasteiger partial charge in [-0.05, 0) is 43.3 Å². The SMILES string of the molecule is C[C@@H](C(=O)Nc1ccc(C(F)(F)F)cc1)N1C(=O)c2ccccc2C1=O. The van der Waals surface area contributed by atoms with E-state index in [1.165, 1.54) is 19.1 Å². The summed E-state index contributed by atoms with van der Waals surface area (Å²) in [7, 11) is 0. The number of fused-ring (bicyclic) bond motifs is 1. The summed E-state index contributed by atoms with van der Waals surface area (Å²) in [6, 6.07) is 8.98. The van der Waals surface area contributed by atoms with Gasteiger partial charge in [0.05, 0.1) is 16.7 Å². The molecule has 8 heteroatoms. The molecule has 134 valence electrons. The van der Waals surface area contributed by atoms with E-state index in [-0.39, 0.29) is 16.8 Å². The van der Waals surface area contributed by atoms with Crippen LogP contribution >= 0.6 is 0 Å². The minimum Gasteiger partial charge on any atom is -0.324 e. The first kappa shape index (κ1) is 17.7. The topological polar surface area (TPSA) is 66.5 Å². The lowest BCUT2D eigenvalue weighted by Gasteiger charge is -2.21. The largest absolute Gasteiger partial charge is 0.416 e. The Balaban J connectivity index is 1.75. The average molecular weight is 362 g/mol. The molecule has 0 saturated carbocycles. The van der Waals surface area contributed by atoms with Crippen LogP contribution in [0.25, 0.3) is 0 Å². The van der Waals surface area contributed by atoms with Gasteiger partial charge in [0, 0.05) is 5.69 Å². The minimum absolute atomic E-state index is 0.131. The van der Waals surface area contributed by atoms with Crippen molar-refractivity contribution in [2.24, 2.45) is 0 Å². The van der Waals surface area contributed by atoms with Crippen molar-refractivity contribution in [1.29, 1.82) is 0 Å². The van der Waals surface area contributed by atoms with Gasteiger partial charge < -0.3 is 5.32 Å². The Labute approximate surface area is 146 Å². The maximum Gasteiger partial charge on any atom is 0.416 e. The van der Waals surface area contributed by atoms with E-state index in [0.717, 1.165) is 29.2 Å². The molecule has 3 amide bonds. The number of carbonyl (C=O) groups is 3. The Morgan fingerprint density at radius 3 is 1.92 bits per heavy atom. The zero-order chi connectivity index (χ0) is 19.1.